The molecule has 0 saturated heterocycles. The van der Waals surface area contributed by atoms with Crippen LogP contribution in [0.25, 0.3) is 0 Å². The molecule has 1 rings (SSSR count). The van der Waals surface area contributed by atoms with Crippen molar-refractivity contribution in [1.82, 2.24) is 0 Å². The minimum Gasteiger partial charge on any atom is -0.496 e. The Bertz CT molecular complexity index is 431. The maximum absolute atomic E-state index is 10.4. The first-order valence-electron chi connectivity index (χ1n) is 6.25. The summed E-state index contributed by atoms with van der Waals surface area (Å²) in [7, 11) is 1.63. The van der Waals surface area contributed by atoms with Crippen LogP contribution in [0, 0.1) is 6.92 Å². The molecule has 0 aliphatic carbocycles. The fraction of sp³-hybridized carbons (Fsp3) is 0.600. The molecular formula is C15H25NO2. The number of hydrogen-bond donors (Lipinski definition) is 2. The molecule has 102 valence electrons. The van der Waals surface area contributed by atoms with Crippen LogP contribution in [0.2, 0.25) is 0 Å². The Morgan fingerprint density at radius 2 is 1.67 bits per heavy atom. The molecular weight excluding hydrogens is 226 g/mol. The maximum Gasteiger partial charge on any atom is 0.128 e. The van der Waals surface area contributed by atoms with Crippen molar-refractivity contribution in [1.29, 1.82) is 0 Å². The van der Waals surface area contributed by atoms with Gasteiger partial charge in [0.2, 0.25) is 0 Å². The molecule has 3 heteroatoms. The first-order valence-corrected chi connectivity index (χ1v) is 6.25. The SMILES string of the molecule is COc1c(C(C)(C)C)cc(C)cc1C(C)(O)CN. The number of nitrogens with two attached hydrogens (primary N) is 1. The minimum absolute atomic E-state index is 0.0448. The molecule has 0 aromatic heterocycles. The van der Waals surface area contributed by atoms with Crippen LogP contribution in [0.3, 0.4) is 0 Å². The lowest BCUT2D eigenvalue weighted by Crippen LogP contribution is -2.32. The molecule has 1 atom stereocenters. The fourth-order valence-corrected chi connectivity index (χ4v) is 2.06. The normalized spacial score (nSPS) is 15.3. The van der Waals surface area contributed by atoms with E-state index in [-0.39, 0.29) is 12.0 Å². The molecule has 0 bridgehead atoms. The molecule has 18 heavy (non-hydrogen) atoms. The highest BCUT2D eigenvalue weighted by Gasteiger charge is 2.30. The summed E-state index contributed by atoms with van der Waals surface area (Å²) < 4.78 is 5.53. The highest BCUT2D eigenvalue weighted by atomic mass is 16.5. The zero-order valence-corrected chi connectivity index (χ0v) is 12.3. The van der Waals surface area contributed by atoms with Crippen molar-refractivity contribution >= 4 is 0 Å². The summed E-state index contributed by atoms with van der Waals surface area (Å²) >= 11 is 0. The Morgan fingerprint density at radius 3 is 2.06 bits per heavy atom. The molecule has 0 saturated carbocycles. The molecule has 1 aromatic rings. The van der Waals surface area contributed by atoms with Crippen molar-refractivity contribution in [3.63, 3.8) is 0 Å². The van der Waals surface area contributed by atoms with E-state index in [1.54, 1.807) is 14.0 Å². The van der Waals surface area contributed by atoms with E-state index in [0.29, 0.717) is 0 Å². The van der Waals surface area contributed by atoms with Gasteiger partial charge in [-0.15, -0.1) is 0 Å². The summed E-state index contributed by atoms with van der Waals surface area (Å²) in [6.45, 7) is 10.3. The van der Waals surface area contributed by atoms with E-state index in [1.165, 1.54) is 0 Å². The Balaban J connectivity index is 3.58. The van der Waals surface area contributed by atoms with Gasteiger partial charge in [0.1, 0.15) is 11.4 Å². The predicted molar refractivity (Wildman–Crippen MR) is 75.1 cm³/mol. The van der Waals surface area contributed by atoms with Gasteiger partial charge in [0.15, 0.2) is 0 Å². The van der Waals surface area contributed by atoms with Gasteiger partial charge in [0.25, 0.3) is 0 Å². The van der Waals surface area contributed by atoms with Crippen LogP contribution in [0.1, 0.15) is 44.4 Å². The van der Waals surface area contributed by atoms with Gasteiger partial charge in [-0.1, -0.05) is 32.4 Å². The number of benzene rings is 1. The number of methoxy groups -OCH3 is 1. The van der Waals surface area contributed by atoms with E-state index < -0.39 is 5.60 Å². The fourth-order valence-electron chi connectivity index (χ4n) is 2.06. The van der Waals surface area contributed by atoms with Gasteiger partial charge in [0.05, 0.1) is 7.11 Å². The van der Waals surface area contributed by atoms with Gasteiger partial charge < -0.3 is 15.6 Å². The van der Waals surface area contributed by atoms with Gasteiger partial charge in [0, 0.05) is 17.7 Å². The monoisotopic (exact) mass is 251 g/mol. The second kappa shape index (κ2) is 4.90. The molecule has 0 heterocycles. The van der Waals surface area contributed by atoms with Gasteiger partial charge in [-0.05, 0) is 25.3 Å². The summed E-state index contributed by atoms with van der Waals surface area (Å²) in [6.07, 6.45) is 0. The zero-order valence-electron chi connectivity index (χ0n) is 12.3. The average Bonchev–Trinajstić information content (AvgIpc) is 2.26. The van der Waals surface area contributed by atoms with Gasteiger partial charge in [-0.2, -0.15) is 0 Å². The van der Waals surface area contributed by atoms with Crippen molar-refractivity contribution in [2.45, 2.75) is 45.6 Å². The molecule has 3 N–H and O–H groups in total. The standard InChI is InChI=1S/C15H25NO2/c1-10-7-11(14(2,3)4)13(18-6)12(8-10)15(5,17)9-16/h7-8,17H,9,16H2,1-6H3. The van der Waals surface area contributed by atoms with Crippen molar-refractivity contribution in [3.8, 4) is 5.75 Å². The van der Waals surface area contributed by atoms with E-state index in [9.17, 15) is 5.11 Å². The lowest BCUT2D eigenvalue weighted by molar-refractivity contribution is 0.0637. The largest absolute Gasteiger partial charge is 0.496 e. The number of ether oxygens (including phenoxy) is 1. The zero-order chi connectivity index (χ0) is 14.1. The third kappa shape index (κ3) is 2.85. The maximum atomic E-state index is 10.4. The van der Waals surface area contributed by atoms with Crippen LogP contribution in [-0.2, 0) is 11.0 Å². The minimum atomic E-state index is -1.07. The molecule has 1 aromatic carbocycles. The second-order valence-electron chi connectivity index (χ2n) is 6.12. The average molecular weight is 251 g/mol. The van der Waals surface area contributed by atoms with Crippen LogP contribution in [0.5, 0.6) is 5.75 Å². The van der Waals surface area contributed by atoms with Gasteiger partial charge in [-0.25, -0.2) is 0 Å². The second-order valence-corrected chi connectivity index (χ2v) is 6.12. The summed E-state index contributed by atoms with van der Waals surface area (Å²) in [5.74, 6) is 0.739. The quantitative estimate of drug-likeness (QED) is 0.867. The first-order chi connectivity index (χ1) is 8.13. The smallest absolute Gasteiger partial charge is 0.128 e. The molecule has 1 unspecified atom stereocenters. The molecule has 0 aliphatic heterocycles. The van der Waals surface area contributed by atoms with Gasteiger partial charge >= 0.3 is 0 Å². The number of hydrogen-bond acceptors (Lipinski definition) is 3. The number of aliphatic hydroxyl groups is 1. The summed E-state index contributed by atoms with van der Waals surface area (Å²) in [6, 6.07) is 4.05. The Labute approximate surface area is 110 Å². The Morgan fingerprint density at radius 1 is 1.17 bits per heavy atom. The Hall–Kier alpha value is -1.06. The predicted octanol–water partition coefficient (Wildman–Crippen LogP) is 2.47. The van der Waals surface area contributed by atoms with Crippen molar-refractivity contribution < 1.29 is 9.84 Å². The topological polar surface area (TPSA) is 55.5 Å². The molecule has 0 fully saturated rings. The van der Waals surface area contributed by atoms with E-state index in [4.69, 9.17) is 10.5 Å². The van der Waals surface area contributed by atoms with Crippen LogP contribution < -0.4 is 10.5 Å². The van der Waals surface area contributed by atoms with Crippen molar-refractivity contribution in [3.05, 3.63) is 28.8 Å². The van der Waals surface area contributed by atoms with E-state index in [0.717, 1.165) is 22.4 Å². The number of aryl methyl sites for hydroxylation is 1. The first kappa shape index (κ1) is 15.0. The molecule has 0 radical (unpaired) electrons. The molecule has 3 nitrogen and oxygen atoms in total. The molecule has 0 aliphatic rings. The van der Waals surface area contributed by atoms with Crippen molar-refractivity contribution in [2.75, 3.05) is 13.7 Å². The lowest BCUT2D eigenvalue weighted by atomic mass is 9.81. The van der Waals surface area contributed by atoms with Crippen LogP contribution in [-0.4, -0.2) is 18.8 Å². The van der Waals surface area contributed by atoms with E-state index in [1.807, 2.05) is 13.0 Å². The van der Waals surface area contributed by atoms with E-state index >= 15 is 0 Å². The molecule has 0 spiro atoms. The van der Waals surface area contributed by atoms with Crippen LogP contribution in [0.4, 0.5) is 0 Å². The van der Waals surface area contributed by atoms with E-state index in [2.05, 4.69) is 26.8 Å². The molecule has 0 amide bonds. The summed E-state index contributed by atoms with van der Waals surface area (Å²) in [5.41, 5.74) is 7.50. The third-order valence-electron chi connectivity index (χ3n) is 3.22. The summed E-state index contributed by atoms with van der Waals surface area (Å²) in [4.78, 5) is 0. The van der Waals surface area contributed by atoms with Crippen LogP contribution in [0.15, 0.2) is 12.1 Å². The number of rotatable bonds is 3. The third-order valence-corrected chi connectivity index (χ3v) is 3.22. The Kier molecular flexibility index (Phi) is 4.08. The highest BCUT2D eigenvalue weighted by Crippen LogP contribution is 2.39. The highest BCUT2D eigenvalue weighted by molar-refractivity contribution is 5.50. The lowest BCUT2D eigenvalue weighted by Gasteiger charge is -2.30. The van der Waals surface area contributed by atoms with Crippen LogP contribution >= 0.6 is 0 Å². The summed E-state index contributed by atoms with van der Waals surface area (Å²) in [5, 5.41) is 10.4. The van der Waals surface area contributed by atoms with Gasteiger partial charge in [-0.3, -0.25) is 0 Å². The van der Waals surface area contributed by atoms with Crippen molar-refractivity contribution in [2.24, 2.45) is 5.73 Å².